The summed E-state index contributed by atoms with van der Waals surface area (Å²) in [4.78, 5) is 19.4. The number of nitrogens with one attached hydrogen (secondary N) is 1. The molecule has 0 bridgehead atoms. The highest BCUT2D eigenvalue weighted by molar-refractivity contribution is 7.99. The number of nitrogen functional groups attached to an aromatic ring is 1. The Labute approximate surface area is 99.2 Å². The van der Waals surface area contributed by atoms with Crippen LogP contribution < -0.4 is 11.1 Å². The number of amides is 1. The minimum atomic E-state index is -0.248. The summed E-state index contributed by atoms with van der Waals surface area (Å²) in [5.74, 6) is -0.00120. The Hall–Kier alpha value is -1.30. The van der Waals surface area contributed by atoms with E-state index in [-0.39, 0.29) is 22.2 Å². The van der Waals surface area contributed by atoms with E-state index in [1.54, 1.807) is 11.8 Å². The van der Waals surface area contributed by atoms with E-state index in [1.807, 2.05) is 6.26 Å². The molecule has 0 aliphatic rings. The van der Waals surface area contributed by atoms with Crippen molar-refractivity contribution in [1.29, 1.82) is 0 Å². The summed E-state index contributed by atoms with van der Waals surface area (Å²) in [6.07, 6.45) is 4.81. The zero-order valence-corrected chi connectivity index (χ0v) is 10.5. The van der Waals surface area contributed by atoms with E-state index in [1.165, 1.54) is 12.4 Å². The van der Waals surface area contributed by atoms with Crippen molar-refractivity contribution in [2.75, 3.05) is 18.5 Å². The fourth-order valence-corrected chi connectivity index (χ4v) is 1.16. The van der Waals surface area contributed by atoms with Crippen molar-refractivity contribution < 1.29 is 4.79 Å². The van der Waals surface area contributed by atoms with Gasteiger partial charge in [0.05, 0.1) is 12.4 Å². The summed E-state index contributed by atoms with van der Waals surface area (Å²) >= 11 is 1.69. The second kappa shape index (κ2) is 5.16. The maximum Gasteiger partial charge on any atom is 0.271 e. The Bertz CT molecular complexity index is 381. The molecule has 88 valence electrons. The van der Waals surface area contributed by atoms with Crippen LogP contribution in [0.25, 0.3) is 0 Å². The molecule has 3 N–H and O–H groups in total. The van der Waals surface area contributed by atoms with Crippen LogP contribution in [-0.2, 0) is 0 Å². The number of rotatable bonds is 4. The number of nitrogens with two attached hydrogens (primary N) is 1. The summed E-state index contributed by atoms with van der Waals surface area (Å²) in [6.45, 7) is 4.69. The molecule has 0 aromatic carbocycles. The van der Waals surface area contributed by atoms with E-state index in [9.17, 15) is 4.79 Å². The third-order valence-electron chi connectivity index (χ3n) is 2.11. The average Bonchev–Trinajstić information content (AvgIpc) is 2.26. The molecule has 16 heavy (non-hydrogen) atoms. The zero-order valence-electron chi connectivity index (χ0n) is 9.65. The molecule has 1 aromatic heterocycles. The van der Waals surface area contributed by atoms with Crippen molar-refractivity contribution in [3.8, 4) is 0 Å². The summed E-state index contributed by atoms with van der Waals surface area (Å²) in [7, 11) is 0. The van der Waals surface area contributed by atoms with Gasteiger partial charge in [-0.25, -0.2) is 4.98 Å². The lowest BCUT2D eigenvalue weighted by molar-refractivity contribution is 0.0945. The molecule has 5 nitrogen and oxygen atoms in total. The van der Waals surface area contributed by atoms with Gasteiger partial charge in [0.25, 0.3) is 5.91 Å². The lowest BCUT2D eigenvalue weighted by Crippen LogP contribution is -2.36. The number of carbonyl (C=O) groups is 1. The minimum absolute atomic E-state index is 0.00339. The number of nitrogens with zero attached hydrogens (tertiary/aromatic N) is 2. The van der Waals surface area contributed by atoms with Crippen LogP contribution in [0.3, 0.4) is 0 Å². The van der Waals surface area contributed by atoms with E-state index in [0.717, 1.165) is 0 Å². The number of carbonyl (C=O) groups excluding carboxylic acids is 1. The molecule has 0 saturated heterocycles. The zero-order chi connectivity index (χ0) is 12.2. The maximum atomic E-state index is 11.7. The van der Waals surface area contributed by atoms with Gasteiger partial charge in [-0.1, -0.05) is 0 Å². The van der Waals surface area contributed by atoms with Gasteiger partial charge < -0.3 is 11.1 Å². The quantitative estimate of drug-likeness (QED) is 0.818. The number of thioether (sulfide) groups is 1. The van der Waals surface area contributed by atoms with Crippen LogP contribution in [0, 0.1) is 0 Å². The monoisotopic (exact) mass is 240 g/mol. The van der Waals surface area contributed by atoms with Crippen LogP contribution in [-0.4, -0.2) is 33.4 Å². The lowest BCUT2D eigenvalue weighted by atomic mass is 10.2. The molecule has 1 rings (SSSR count). The SMILES string of the molecule is CSC(C)(C)CNC(=O)c1cncc(N)n1. The summed E-state index contributed by atoms with van der Waals surface area (Å²) in [5, 5.41) is 2.80. The number of hydrogen-bond donors (Lipinski definition) is 2. The van der Waals surface area contributed by atoms with Crippen LogP contribution in [0.1, 0.15) is 24.3 Å². The van der Waals surface area contributed by atoms with Crippen LogP contribution in [0.4, 0.5) is 5.82 Å². The molecule has 0 atom stereocenters. The van der Waals surface area contributed by atoms with Crippen molar-refractivity contribution in [2.45, 2.75) is 18.6 Å². The molecule has 1 heterocycles. The van der Waals surface area contributed by atoms with Gasteiger partial charge in [0.15, 0.2) is 0 Å². The van der Waals surface area contributed by atoms with Crippen LogP contribution in [0.5, 0.6) is 0 Å². The van der Waals surface area contributed by atoms with Crippen molar-refractivity contribution in [1.82, 2.24) is 15.3 Å². The Balaban J connectivity index is 2.60. The first-order valence-corrected chi connectivity index (χ1v) is 6.08. The van der Waals surface area contributed by atoms with Gasteiger partial charge >= 0.3 is 0 Å². The first-order chi connectivity index (χ1) is 7.44. The second-order valence-corrected chi connectivity index (χ2v) is 5.49. The molecule has 6 heteroatoms. The Morgan fingerprint density at radius 1 is 1.56 bits per heavy atom. The molecule has 1 aromatic rings. The maximum absolute atomic E-state index is 11.7. The summed E-state index contributed by atoms with van der Waals surface area (Å²) in [6, 6.07) is 0. The molecule has 0 spiro atoms. The van der Waals surface area contributed by atoms with Gasteiger partial charge in [-0.15, -0.1) is 0 Å². The average molecular weight is 240 g/mol. The third-order valence-corrected chi connectivity index (χ3v) is 3.36. The van der Waals surface area contributed by atoms with E-state index in [2.05, 4.69) is 29.1 Å². The largest absolute Gasteiger partial charge is 0.382 e. The fraction of sp³-hybridized carbons (Fsp3) is 0.500. The van der Waals surface area contributed by atoms with Gasteiger partial charge in [-0.2, -0.15) is 11.8 Å². The highest BCUT2D eigenvalue weighted by Crippen LogP contribution is 2.19. The highest BCUT2D eigenvalue weighted by atomic mass is 32.2. The van der Waals surface area contributed by atoms with E-state index >= 15 is 0 Å². The van der Waals surface area contributed by atoms with Crippen LogP contribution in [0.2, 0.25) is 0 Å². The minimum Gasteiger partial charge on any atom is -0.382 e. The summed E-state index contributed by atoms with van der Waals surface area (Å²) < 4.78 is 0.00339. The van der Waals surface area contributed by atoms with Gasteiger partial charge in [-0.3, -0.25) is 9.78 Å². The Morgan fingerprint density at radius 2 is 2.25 bits per heavy atom. The van der Waals surface area contributed by atoms with Crippen molar-refractivity contribution in [3.63, 3.8) is 0 Å². The molecule has 0 aliphatic heterocycles. The number of anilines is 1. The van der Waals surface area contributed by atoms with E-state index in [0.29, 0.717) is 6.54 Å². The molecule has 0 fully saturated rings. The lowest BCUT2D eigenvalue weighted by Gasteiger charge is -2.21. The fourth-order valence-electron chi connectivity index (χ4n) is 0.946. The van der Waals surface area contributed by atoms with Gasteiger partial charge in [0.2, 0.25) is 0 Å². The third kappa shape index (κ3) is 3.69. The molecule has 1 amide bonds. The predicted octanol–water partition coefficient (Wildman–Crippen LogP) is 0.930. The predicted molar refractivity (Wildman–Crippen MR) is 66.4 cm³/mol. The normalized spacial score (nSPS) is 11.2. The Morgan fingerprint density at radius 3 is 2.81 bits per heavy atom. The van der Waals surface area contributed by atoms with Gasteiger partial charge in [-0.05, 0) is 20.1 Å². The molecule has 0 radical (unpaired) electrons. The smallest absolute Gasteiger partial charge is 0.271 e. The van der Waals surface area contributed by atoms with E-state index < -0.39 is 0 Å². The van der Waals surface area contributed by atoms with Crippen molar-refractivity contribution in [3.05, 3.63) is 18.1 Å². The topological polar surface area (TPSA) is 80.9 Å². The molecular weight excluding hydrogens is 224 g/mol. The number of hydrogen-bond acceptors (Lipinski definition) is 5. The van der Waals surface area contributed by atoms with Gasteiger partial charge in [0.1, 0.15) is 11.5 Å². The highest BCUT2D eigenvalue weighted by Gasteiger charge is 2.18. The van der Waals surface area contributed by atoms with Crippen molar-refractivity contribution in [2.24, 2.45) is 0 Å². The van der Waals surface area contributed by atoms with Crippen LogP contribution in [0.15, 0.2) is 12.4 Å². The number of aromatic nitrogens is 2. The first kappa shape index (κ1) is 12.8. The van der Waals surface area contributed by atoms with Crippen molar-refractivity contribution >= 4 is 23.5 Å². The molecule has 0 unspecified atom stereocenters. The standard InChI is InChI=1S/C10H16N4OS/c1-10(2,16-3)6-13-9(15)7-4-12-5-8(11)14-7/h4-5H,6H2,1-3H3,(H2,11,14)(H,13,15). The summed E-state index contributed by atoms with van der Waals surface area (Å²) in [5.41, 5.74) is 5.69. The molecule has 0 saturated carbocycles. The first-order valence-electron chi connectivity index (χ1n) is 4.85. The van der Waals surface area contributed by atoms with Gasteiger partial charge in [0, 0.05) is 11.3 Å². The second-order valence-electron chi connectivity index (χ2n) is 3.98. The van der Waals surface area contributed by atoms with E-state index in [4.69, 9.17) is 5.73 Å². The van der Waals surface area contributed by atoms with Crippen LogP contribution >= 0.6 is 11.8 Å². The molecule has 0 aliphatic carbocycles. The molecular formula is C10H16N4OS. The Kier molecular flexibility index (Phi) is 4.12.